The molecule has 0 bridgehead atoms. The summed E-state index contributed by atoms with van der Waals surface area (Å²) < 4.78 is 1.20. The van der Waals surface area contributed by atoms with E-state index in [-0.39, 0.29) is 49.5 Å². The van der Waals surface area contributed by atoms with Crippen molar-refractivity contribution in [2.24, 2.45) is 0 Å². The topological polar surface area (TPSA) is 38.7 Å². The second-order valence-electron chi connectivity index (χ2n) is 20.7. The van der Waals surface area contributed by atoms with Crippen molar-refractivity contribution >= 4 is 63.0 Å². The van der Waals surface area contributed by atoms with E-state index in [0.29, 0.717) is 0 Å². The van der Waals surface area contributed by atoms with Gasteiger partial charge in [0.1, 0.15) is 0 Å². The van der Waals surface area contributed by atoms with Crippen molar-refractivity contribution in [1.82, 2.24) is 15.0 Å². The normalized spacial score (nSPS) is 9.76. The van der Waals surface area contributed by atoms with Crippen LogP contribution in [0, 0.1) is 36.4 Å². The number of benzene rings is 12. The van der Waals surface area contributed by atoms with E-state index in [2.05, 4.69) is 214 Å². The Morgan fingerprint density at radius 2 is 0.490 bits per heavy atom. The molecule has 9 heteroatoms. The Labute approximate surface area is 608 Å². The van der Waals surface area contributed by atoms with Gasteiger partial charge >= 0.3 is 100 Å². The predicted octanol–water partition coefficient (Wildman–Crippen LogP) is 16.1. The molecule has 3 nitrogen and oxygen atoms in total. The molecule has 0 N–H and O–H groups in total. The molecule has 96 heavy (non-hydrogen) atoms. The van der Waals surface area contributed by atoms with Crippen LogP contribution < -0.4 is 30.9 Å². The molecule has 0 amide bonds. The molecule has 469 valence electrons. The Morgan fingerprint density at radius 3 is 0.740 bits per heavy atom. The standard InChI is InChI=1S/C18H15Si.3C17H11N.C12H10B.C6H5Se.3Ni/c1-4-10-16(11-5-1)19(17-12-6-2-7-13-17)18-14-8-3-9-15-18;3*1-2-7-14(8-3-1)15-9-6-10-16(13-15)17-11-4-5-12-18-17;1-3-7-11(8-4-1)13-12-9-5-2-6-10-12;7-6-4-2-1-3-5-6;;;/h1-15H;3*1-7,9-12H;1-10H;1-5H;;;/q;3*-2;;;3*+2. The van der Waals surface area contributed by atoms with Crippen LogP contribution in [0.25, 0.3) is 67.2 Å². The molecule has 3 radical (unpaired) electrons. The Morgan fingerprint density at radius 1 is 0.240 bits per heavy atom. The first-order valence-electron chi connectivity index (χ1n) is 30.5. The predicted molar refractivity (Wildman–Crippen MR) is 392 cm³/mol. The van der Waals surface area contributed by atoms with Crippen molar-refractivity contribution < 1.29 is 49.5 Å². The maximum absolute atomic E-state index is 4.34. The number of pyridine rings is 3. The van der Waals surface area contributed by atoms with E-state index in [9.17, 15) is 0 Å². The van der Waals surface area contributed by atoms with Crippen molar-refractivity contribution in [3.63, 3.8) is 0 Å². The maximum atomic E-state index is 4.34. The first kappa shape index (κ1) is 73.8. The fraction of sp³-hybridized carbons (Fsp3) is 0. The SMILES string of the molecule is [B](c1ccccc1)c1ccccc1.[Ni+2].[Ni+2].[Ni+2].[Se]c1ccccc1.[c-]1ccccc1-c1[c-]c(-c2ccccn2)ccc1.[c-]1ccccc1-c1[c-]c(-c2ccccn2)ccc1.[c-]1ccccc1-c1[c-]c(-c2ccccn2)ccc1.c1ccc([Si](c2ccccc2)c2ccccc2)cc1. The van der Waals surface area contributed by atoms with Crippen LogP contribution in [-0.4, -0.2) is 47.0 Å². The second-order valence-corrected chi connectivity index (χ2v) is 24.1. The van der Waals surface area contributed by atoms with E-state index < -0.39 is 8.80 Å². The van der Waals surface area contributed by atoms with Gasteiger partial charge in [0.2, 0.25) is 0 Å². The zero-order valence-electron chi connectivity index (χ0n) is 52.1. The fourth-order valence-electron chi connectivity index (χ4n) is 9.60. The molecule has 0 aliphatic carbocycles. The van der Waals surface area contributed by atoms with E-state index in [0.717, 1.165) is 67.2 Å². The average Bonchev–Trinajstić information content (AvgIpc) is 3.82. The van der Waals surface area contributed by atoms with E-state index in [1.165, 1.54) is 30.9 Å². The Bertz CT molecular complexity index is 3920. The van der Waals surface area contributed by atoms with Crippen molar-refractivity contribution in [1.29, 1.82) is 0 Å². The van der Waals surface area contributed by atoms with Crippen molar-refractivity contribution in [3.05, 3.63) is 419 Å². The summed E-state index contributed by atoms with van der Waals surface area (Å²) in [7, 11) is 1.29. The van der Waals surface area contributed by atoms with Crippen LogP contribution in [0.15, 0.2) is 383 Å². The van der Waals surface area contributed by atoms with E-state index >= 15 is 0 Å². The van der Waals surface area contributed by atoms with Crippen LogP contribution in [0.3, 0.4) is 0 Å². The minimum absolute atomic E-state index is 0. The molecule has 0 aliphatic heterocycles. The number of rotatable bonds is 11. The van der Waals surface area contributed by atoms with Gasteiger partial charge in [-0.15, -0.1) is 71.3 Å². The van der Waals surface area contributed by atoms with Gasteiger partial charge in [0.25, 0.3) is 0 Å². The Kier molecular flexibility index (Phi) is 32.2. The van der Waals surface area contributed by atoms with Crippen LogP contribution in [0.5, 0.6) is 0 Å². The molecular formula is C87H63BN3Ni3SeSi. The molecule has 0 aliphatic rings. The summed E-state index contributed by atoms with van der Waals surface area (Å²) in [6.07, 6.45) is 5.39. The third-order valence-corrected chi connectivity index (χ3v) is 17.4. The Hall–Kier alpha value is -9.63. The van der Waals surface area contributed by atoms with Crippen LogP contribution in [0.2, 0.25) is 0 Å². The van der Waals surface area contributed by atoms with Gasteiger partial charge in [-0.05, 0) is 18.2 Å². The quantitative estimate of drug-likeness (QED) is 0.0736. The third-order valence-electron chi connectivity index (χ3n) is 14.1. The molecule has 3 aromatic heterocycles. The zero-order valence-corrected chi connectivity index (χ0v) is 57.8. The van der Waals surface area contributed by atoms with Gasteiger partial charge in [0.05, 0.1) is 0 Å². The van der Waals surface area contributed by atoms with Crippen LogP contribution in [0.1, 0.15) is 0 Å². The first-order valence-corrected chi connectivity index (χ1v) is 32.9. The van der Waals surface area contributed by atoms with Gasteiger partial charge in [-0.3, -0.25) is 15.0 Å². The molecule has 3 heterocycles. The second kappa shape index (κ2) is 41.9. The van der Waals surface area contributed by atoms with E-state index in [1.807, 2.05) is 224 Å². The minimum atomic E-state index is -0.877. The summed E-state index contributed by atoms with van der Waals surface area (Å²) in [5.74, 6) is 0. The van der Waals surface area contributed by atoms with Crippen molar-refractivity contribution in [2.45, 2.75) is 0 Å². The summed E-state index contributed by atoms with van der Waals surface area (Å²) in [5.41, 5.74) is 14.6. The molecule has 0 atom stereocenters. The smallest absolute Gasteiger partial charge is 0.154 e. The van der Waals surface area contributed by atoms with Gasteiger partial charge in [0, 0.05) is 35.7 Å². The van der Waals surface area contributed by atoms with E-state index in [1.54, 1.807) is 18.6 Å². The van der Waals surface area contributed by atoms with Gasteiger partial charge in [-0.25, -0.2) is 16.7 Å². The third kappa shape index (κ3) is 24.0. The van der Waals surface area contributed by atoms with Crippen molar-refractivity contribution in [3.8, 4) is 67.2 Å². The molecule has 0 fully saturated rings. The summed E-state index contributed by atoms with van der Waals surface area (Å²) >= 11 is 2.90. The zero-order chi connectivity index (χ0) is 63.6. The van der Waals surface area contributed by atoms with Crippen LogP contribution >= 0.6 is 0 Å². The molecule has 0 unspecified atom stereocenters. The number of nitrogens with zero attached hydrogens (tertiary/aromatic N) is 3. The molecule has 0 spiro atoms. The molecule has 0 saturated heterocycles. The molecule has 0 saturated carbocycles. The van der Waals surface area contributed by atoms with Crippen LogP contribution in [0.4, 0.5) is 0 Å². The van der Waals surface area contributed by atoms with Gasteiger partial charge in [0.15, 0.2) is 16.1 Å². The molecular weight excluding hydrogens is 1380 g/mol. The number of hydrogen-bond acceptors (Lipinski definition) is 3. The van der Waals surface area contributed by atoms with Gasteiger partial charge in [-0.2, -0.15) is 126 Å². The maximum Gasteiger partial charge on any atom is 0.154 e. The van der Waals surface area contributed by atoms with E-state index in [4.69, 9.17) is 0 Å². The average molecular weight is 1440 g/mol. The summed E-state index contributed by atoms with van der Waals surface area (Å²) in [6, 6.07) is 143. The largest absolute Gasteiger partial charge is 0.295 e. The van der Waals surface area contributed by atoms with Crippen LogP contribution in [-0.2, 0) is 49.5 Å². The Balaban J connectivity index is 0.000000164. The summed E-state index contributed by atoms with van der Waals surface area (Å²) in [4.78, 5) is 13.0. The van der Waals surface area contributed by atoms with Gasteiger partial charge < -0.3 is 0 Å². The molecule has 15 rings (SSSR count). The summed E-state index contributed by atoms with van der Waals surface area (Å²) in [5, 5.41) is 4.31. The number of aromatic nitrogens is 3. The fourth-order valence-corrected chi connectivity index (χ4v) is 12.5. The molecule has 15 aromatic rings. The monoisotopic (exact) mass is 1440 g/mol. The van der Waals surface area contributed by atoms with Crippen molar-refractivity contribution in [2.75, 3.05) is 0 Å². The minimum Gasteiger partial charge on any atom is -0.295 e. The summed E-state index contributed by atoms with van der Waals surface area (Å²) in [6.45, 7) is 0. The molecule has 12 aromatic carbocycles. The first-order chi connectivity index (χ1) is 46.1. The van der Waals surface area contributed by atoms with Gasteiger partial charge in [-0.1, -0.05) is 215 Å². The number of hydrogen-bond donors (Lipinski definition) is 0.